The van der Waals surface area contributed by atoms with Gasteiger partial charge >= 0.3 is 0 Å². The maximum atomic E-state index is 11.5. The highest BCUT2D eigenvalue weighted by Crippen LogP contribution is 2.01. The number of furan rings is 1. The van der Waals surface area contributed by atoms with Gasteiger partial charge in [-0.15, -0.1) is 0 Å². The van der Waals surface area contributed by atoms with Crippen molar-refractivity contribution in [3.05, 3.63) is 41.2 Å². The van der Waals surface area contributed by atoms with Crippen molar-refractivity contribution in [1.29, 1.82) is 0 Å². The fraction of sp³-hybridized carbons (Fsp3) is 0.111. The van der Waals surface area contributed by atoms with Gasteiger partial charge in [-0.05, 0) is 12.1 Å². The molecule has 2 rings (SSSR count). The molecular weight excluding hydrogens is 186 g/mol. The zero-order chi connectivity index (χ0) is 9.10. The minimum absolute atomic E-state index is 0.00611. The zero-order valence-electron chi connectivity index (χ0n) is 6.84. The van der Waals surface area contributed by atoms with Crippen molar-refractivity contribution in [1.82, 2.24) is 0 Å². The van der Waals surface area contributed by atoms with Crippen molar-refractivity contribution >= 4 is 17.1 Å². The average Bonchev–Trinajstić information content (AvgIpc) is 2.74. The molecule has 0 bridgehead atoms. The second-order valence-corrected chi connectivity index (χ2v) is 3.35. The molecule has 0 unspecified atom stereocenters. The van der Waals surface area contributed by atoms with Gasteiger partial charge in [-0.3, -0.25) is 4.79 Å². The standard InChI is InChI=1S/C9H8NO2S/c11-8(9-2-1-4-12-9)6-10-3-5-13-7-10/h1-5,7H,6H2/q+1. The number of nitrogens with zero attached hydrogens (tertiary/aromatic N) is 1. The van der Waals surface area contributed by atoms with Crippen LogP contribution in [0.1, 0.15) is 10.6 Å². The van der Waals surface area contributed by atoms with Gasteiger partial charge in [0.1, 0.15) is 0 Å². The van der Waals surface area contributed by atoms with Crippen LogP contribution in [0.2, 0.25) is 0 Å². The van der Waals surface area contributed by atoms with Gasteiger partial charge in [0, 0.05) is 0 Å². The molecule has 0 spiro atoms. The number of hydrogen-bond acceptors (Lipinski definition) is 3. The topological polar surface area (TPSA) is 34.1 Å². The molecule has 0 aliphatic carbocycles. The van der Waals surface area contributed by atoms with Crippen LogP contribution in [0, 0.1) is 0 Å². The molecule has 0 saturated heterocycles. The first-order chi connectivity index (χ1) is 6.36. The normalized spacial score (nSPS) is 10.2. The van der Waals surface area contributed by atoms with E-state index in [9.17, 15) is 4.79 Å². The van der Waals surface area contributed by atoms with E-state index in [2.05, 4.69) is 0 Å². The molecule has 2 aromatic heterocycles. The van der Waals surface area contributed by atoms with E-state index in [1.807, 2.05) is 21.7 Å². The summed E-state index contributed by atoms with van der Waals surface area (Å²) in [5.41, 5.74) is 1.89. The van der Waals surface area contributed by atoms with Gasteiger partial charge in [-0.1, -0.05) is 11.3 Å². The zero-order valence-corrected chi connectivity index (χ0v) is 7.66. The number of hydrogen-bond donors (Lipinski definition) is 0. The maximum absolute atomic E-state index is 11.5. The number of thiazole rings is 1. The SMILES string of the molecule is O=C(C[n+]1ccsc1)c1ccco1. The summed E-state index contributed by atoms with van der Waals surface area (Å²) >= 11 is 1.56. The Bertz CT molecular complexity index is 378. The van der Waals surface area contributed by atoms with Crippen molar-refractivity contribution < 1.29 is 13.8 Å². The van der Waals surface area contributed by atoms with Crippen LogP contribution < -0.4 is 4.57 Å². The third-order valence-corrected chi connectivity index (χ3v) is 2.32. The highest BCUT2D eigenvalue weighted by molar-refractivity contribution is 7.07. The van der Waals surface area contributed by atoms with Gasteiger partial charge in [0.15, 0.2) is 12.0 Å². The molecule has 0 aromatic carbocycles. The summed E-state index contributed by atoms with van der Waals surface area (Å²) < 4.78 is 6.81. The molecule has 0 saturated carbocycles. The minimum Gasteiger partial charge on any atom is -0.461 e. The predicted molar refractivity (Wildman–Crippen MR) is 47.6 cm³/mol. The number of ketones is 1. The predicted octanol–water partition coefficient (Wildman–Crippen LogP) is 1.51. The molecule has 0 aliphatic rings. The molecule has 13 heavy (non-hydrogen) atoms. The maximum Gasteiger partial charge on any atom is 0.262 e. The lowest BCUT2D eigenvalue weighted by Crippen LogP contribution is -2.34. The first-order valence-corrected chi connectivity index (χ1v) is 4.78. The Kier molecular flexibility index (Phi) is 2.23. The van der Waals surface area contributed by atoms with E-state index >= 15 is 0 Å². The summed E-state index contributed by atoms with van der Waals surface area (Å²) in [6.07, 6.45) is 3.37. The lowest BCUT2D eigenvalue weighted by molar-refractivity contribution is -0.678. The number of carbonyl (C=O) groups is 1. The Balaban J connectivity index is 2.08. The summed E-state index contributed by atoms with van der Waals surface area (Å²) in [4.78, 5) is 11.5. The van der Waals surface area contributed by atoms with Crippen molar-refractivity contribution in [2.75, 3.05) is 0 Å². The lowest BCUT2D eigenvalue weighted by atomic mass is 10.3. The molecule has 3 nitrogen and oxygen atoms in total. The van der Waals surface area contributed by atoms with Gasteiger partial charge in [0.05, 0.1) is 11.6 Å². The van der Waals surface area contributed by atoms with E-state index in [1.54, 1.807) is 23.5 Å². The summed E-state index contributed by atoms with van der Waals surface area (Å²) in [7, 11) is 0. The molecular formula is C9H8NO2S+. The highest BCUT2D eigenvalue weighted by atomic mass is 32.1. The third kappa shape index (κ3) is 1.84. The Morgan fingerprint density at radius 1 is 1.62 bits per heavy atom. The molecule has 0 atom stereocenters. The molecule has 0 aliphatic heterocycles. The van der Waals surface area contributed by atoms with E-state index in [0.717, 1.165) is 0 Å². The van der Waals surface area contributed by atoms with Crippen molar-refractivity contribution in [2.24, 2.45) is 0 Å². The molecule has 2 heterocycles. The number of carbonyl (C=O) groups excluding carboxylic acids is 1. The summed E-state index contributed by atoms with van der Waals surface area (Å²) in [6.45, 7) is 0.344. The monoisotopic (exact) mass is 194 g/mol. The molecule has 0 N–H and O–H groups in total. The first kappa shape index (κ1) is 8.19. The Morgan fingerprint density at radius 2 is 2.54 bits per heavy atom. The van der Waals surface area contributed by atoms with Crippen molar-refractivity contribution in [3.63, 3.8) is 0 Å². The molecule has 0 radical (unpaired) electrons. The van der Waals surface area contributed by atoms with Crippen LogP contribution in [-0.2, 0) is 6.54 Å². The van der Waals surface area contributed by atoms with Crippen LogP contribution in [0.4, 0.5) is 0 Å². The van der Waals surface area contributed by atoms with E-state index in [1.165, 1.54) is 6.26 Å². The molecule has 0 amide bonds. The molecule has 0 fully saturated rings. The van der Waals surface area contributed by atoms with E-state index in [0.29, 0.717) is 12.3 Å². The van der Waals surface area contributed by atoms with Crippen LogP contribution in [0.5, 0.6) is 0 Å². The average molecular weight is 194 g/mol. The Morgan fingerprint density at radius 3 is 3.15 bits per heavy atom. The summed E-state index contributed by atoms with van der Waals surface area (Å²) in [5, 5.41) is 1.93. The van der Waals surface area contributed by atoms with Crippen LogP contribution in [0.3, 0.4) is 0 Å². The van der Waals surface area contributed by atoms with Crippen LogP contribution in [0.15, 0.2) is 39.9 Å². The van der Waals surface area contributed by atoms with Gasteiger partial charge in [0.2, 0.25) is 12.1 Å². The van der Waals surface area contributed by atoms with Crippen LogP contribution >= 0.6 is 11.3 Å². The lowest BCUT2D eigenvalue weighted by Gasteiger charge is -1.89. The fourth-order valence-electron chi connectivity index (χ4n) is 1.03. The molecule has 2 aromatic rings. The van der Waals surface area contributed by atoms with Gasteiger partial charge in [0.25, 0.3) is 5.78 Å². The largest absolute Gasteiger partial charge is 0.461 e. The fourth-order valence-corrected chi connectivity index (χ4v) is 1.63. The number of rotatable bonds is 3. The molecule has 4 heteroatoms. The highest BCUT2D eigenvalue weighted by Gasteiger charge is 2.14. The van der Waals surface area contributed by atoms with E-state index in [-0.39, 0.29) is 5.78 Å². The summed E-state index contributed by atoms with van der Waals surface area (Å²) in [6, 6.07) is 3.39. The Labute approximate surface area is 79.2 Å². The van der Waals surface area contributed by atoms with Crippen LogP contribution in [-0.4, -0.2) is 5.78 Å². The quantitative estimate of drug-likeness (QED) is 0.548. The van der Waals surface area contributed by atoms with E-state index in [4.69, 9.17) is 4.42 Å². The smallest absolute Gasteiger partial charge is 0.262 e. The first-order valence-electron chi connectivity index (χ1n) is 3.84. The van der Waals surface area contributed by atoms with Crippen molar-refractivity contribution in [2.45, 2.75) is 6.54 Å². The second-order valence-electron chi connectivity index (χ2n) is 2.60. The third-order valence-electron chi connectivity index (χ3n) is 1.65. The van der Waals surface area contributed by atoms with Gasteiger partial charge in [-0.2, -0.15) is 4.57 Å². The van der Waals surface area contributed by atoms with Crippen molar-refractivity contribution in [3.8, 4) is 0 Å². The van der Waals surface area contributed by atoms with Gasteiger partial charge in [-0.25, -0.2) is 0 Å². The molecule has 66 valence electrons. The minimum atomic E-state index is -0.00611. The van der Waals surface area contributed by atoms with Gasteiger partial charge < -0.3 is 4.42 Å². The second kappa shape index (κ2) is 3.53. The Hall–Kier alpha value is -1.42. The van der Waals surface area contributed by atoms with E-state index < -0.39 is 0 Å². The number of aromatic nitrogens is 1. The summed E-state index contributed by atoms with van der Waals surface area (Å²) in [5.74, 6) is 0.409. The number of Topliss-reactive ketones (excluding diaryl/α,β-unsaturated/α-hetero) is 1. The van der Waals surface area contributed by atoms with Crippen LogP contribution in [0.25, 0.3) is 0 Å².